The molecule has 0 aliphatic rings. The normalized spacial score (nSPS) is 10.7. The van der Waals surface area contributed by atoms with E-state index in [0.717, 1.165) is 27.7 Å². The summed E-state index contributed by atoms with van der Waals surface area (Å²) in [6, 6.07) is 14.8. The fourth-order valence-electron chi connectivity index (χ4n) is 2.26. The Balaban J connectivity index is 1.38. The predicted octanol–water partition coefficient (Wildman–Crippen LogP) is 5.23. The number of nitrogens with one attached hydrogen (secondary N) is 1. The number of carbonyl (C=O) groups is 1. The van der Waals surface area contributed by atoms with Gasteiger partial charge in [0.2, 0.25) is 17.6 Å². The summed E-state index contributed by atoms with van der Waals surface area (Å²) in [4.78, 5) is 17.4. The highest BCUT2D eigenvalue weighted by molar-refractivity contribution is 7.99. The van der Waals surface area contributed by atoms with Gasteiger partial charge in [0.05, 0.1) is 6.54 Å². The second-order valence-corrected chi connectivity index (χ2v) is 7.74. The van der Waals surface area contributed by atoms with Crippen LogP contribution in [0.1, 0.15) is 18.7 Å². The third kappa shape index (κ3) is 6.27. The van der Waals surface area contributed by atoms with E-state index in [1.807, 2.05) is 36.4 Å². The summed E-state index contributed by atoms with van der Waals surface area (Å²) in [6.45, 7) is 0.212. The molecule has 1 amide bonds. The standard InChI is InChI=1S/C19H17Cl2N3O2S/c20-14-5-3-13(4-6-14)19-23-18(26-24-19)12-22-17(25)2-1-11-27-16-9-7-15(21)8-10-16/h3-10H,1-2,11-12H2,(H,22,25). The molecule has 0 atom stereocenters. The van der Waals surface area contributed by atoms with Crippen molar-refractivity contribution in [2.45, 2.75) is 24.3 Å². The predicted molar refractivity (Wildman–Crippen MR) is 108 cm³/mol. The van der Waals surface area contributed by atoms with Crippen molar-refractivity contribution in [3.05, 3.63) is 64.5 Å². The van der Waals surface area contributed by atoms with E-state index >= 15 is 0 Å². The summed E-state index contributed by atoms with van der Waals surface area (Å²) < 4.78 is 5.17. The van der Waals surface area contributed by atoms with Crippen molar-refractivity contribution in [2.75, 3.05) is 5.75 Å². The molecule has 0 saturated carbocycles. The Morgan fingerprint density at radius 2 is 1.70 bits per heavy atom. The van der Waals surface area contributed by atoms with Crippen molar-refractivity contribution in [1.29, 1.82) is 0 Å². The van der Waals surface area contributed by atoms with Crippen LogP contribution in [-0.2, 0) is 11.3 Å². The molecule has 140 valence electrons. The lowest BCUT2D eigenvalue weighted by molar-refractivity contribution is -0.121. The van der Waals surface area contributed by atoms with Crippen molar-refractivity contribution in [3.8, 4) is 11.4 Å². The Morgan fingerprint density at radius 1 is 1.04 bits per heavy atom. The molecule has 2 aromatic carbocycles. The second kappa shape index (κ2) is 9.78. The molecule has 1 aromatic heterocycles. The first-order valence-corrected chi connectivity index (χ1v) is 10.1. The van der Waals surface area contributed by atoms with Crippen LogP contribution in [-0.4, -0.2) is 21.8 Å². The van der Waals surface area contributed by atoms with Crippen LogP contribution in [0.25, 0.3) is 11.4 Å². The Morgan fingerprint density at radius 3 is 2.41 bits per heavy atom. The second-order valence-electron chi connectivity index (χ2n) is 5.70. The maximum atomic E-state index is 11.9. The molecular weight excluding hydrogens is 405 g/mol. The SMILES string of the molecule is O=C(CCCSc1ccc(Cl)cc1)NCc1nc(-c2ccc(Cl)cc2)no1. The number of halogens is 2. The van der Waals surface area contributed by atoms with Crippen molar-refractivity contribution >= 4 is 40.9 Å². The number of nitrogens with zero attached hydrogens (tertiary/aromatic N) is 2. The van der Waals surface area contributed by atoms with Crippen LogP contribution in [0.15, 0.2) is 57.9 Å². The molecule has 27 heavy (non-hydrogen) atoms. The van der Waals surface area contributed by atoms with E-state index in [9.17, 15) is 4.79 Å². The van der Waals surface area contributed by atoms with Gasteiger partial charge in [0.25, 0.3) is 0 Å². The molecule has 8 heteroatoms. The van der Waals surface area contributed by atoms with E-state index < -0.39 is 0 Å². The summed E-state index contributed by atoms with van der Waals surface area (Å²) in [7, 11) is 0. The topological polar surface area (TPSA) is 68.0 Å². The summed E-state index contributed by atoms with van der Waals surface area (Å²) >= 11 is 13.4. The van der Waals surface area contributed by atoms with Crippen LogP contribution in [0.2, 0.25) is 10.0 Å². The average molecular weight is 422 g/mol. The van der Waals surface area contributed by atoms with Crippen LogP contribution in [0, 0.1) is 0 Å². The monoisotopic (exact) mass is 421 g/mol. The zero-order chi connectivity index (χ0) is 19.1. The first kappa shape index (κ1) is 19.7. The number of thioether (sulfide) groups is 1. The van der Waals surface area contributed by atoms with E-state index in [1.165, 1.54) is 0 Å². The van der Waals surface area contributed by atoms with Gasteiger partial charge in [-0.1, -0.05) is 28.4 Å². The molecule has 1 N–H and O–H groups in total. The summed E-state index contributed by atoms with van der Waals surface area (Å²) in [5.41, 5.74) is 0.806. The highest BCUT2D eigenvalue weighted by atomic mass is 35.5. The fraction of sp³-hybridized carbons (Fsp3) is 0.211. The number of aromatic nitrogens is 2. The number of carbonyl (C=O) groups excluding carboxylic acids is 1. The first-order chi connectivity index (χ1) is 13.1. The first-order valence-electron chi connectivity index (χ1n) is 8.34. The van der Waals surface area contributed by atoms with E-state index in [0.29, 0.717) is 23.2 Å². The number of amides is 1. The van der Waals surface area contributed by atoms with E-state index in [2.05, 4.69) is 15.5 Å². The van der Waals surface area contributed by atoms with Gasteiger partial charge in [0.1, 0.15) is 0 Å². The molecule has 1 heterocycles. The van der Waals surface area contributed by atoms with E-state index in [4.69, 9.17) is 27.7 Å². The van der Waals surface area contributed by atoms with Gasteiger partial charge in [0.15, 0.2) is 0 Å². The molecule has 0 fully saturated rings. The largest absolute Gasteiger partial charge is 0.347 e. The van der Waals surface area contributed by atoms with Gasteiger partial charge in [-0.3, -0.25) is 4.79 Å². The zero-order valence-corrected chi connectivity index (χ0v) is 16.7. The van der Waals surface area contributed by atoms with Crippen molar-refractivity contribution in [2.24, 2.45) is 0 Å². The Labute approximate surface area is 171 Å². The van der Waals surface area contributed by atoms with Gasteiger partial charge < -0.3 is 9.84 Å². The molecule has 0 aliphatic carbocycles. The van der Waals surface area contributed by atoms with Crippen molar-refractivity contribution in [3.63, 3.8) is 0 Å². The molecule has 0 unspecified atom stereocenters. The molecule has 0 bridgehead atoms. The highest BCUT2D eigenvalue weighted by Crippen LogP contribution is 2.21. The van der Waals surface area contributed by atoms with Crippen LogP contribution in [0.4, 0.5) is 0 Å². The average Bonchev–Trinajstić information content (AvgIpc) is 3.14. The van der Waals surface area contributed by atoms with Crippen LogP contribution >= 0.6 is 35.0 Å². The molecule has 3 rings (SSSR count). The molecule has 5 nitrogen and oxygen atoms in total. The van der Waals surface area contributed by atoms with E-state index in [-0.39, 0.29) is 12.5 Å². The fourth-order valence-corrected chi connectivity index (χ4v) is 3.36. The molecular formula is C19H17Cl2N3O2S. The van der Waals surface area contributed by atoms with E-state index in [1.54, 1.807) is 23.9 Å². The van der Waals surface area contributed by atoms with Crippen LogP contribution in [0.3, 0.4) is 0 Å². The molecule has 0 radical (unpaired) electrons. The zero-order valence-electron chi connectivity index (χ0n) is 14.3. The summed E-state index contributed by atoms with van der Waals surface area (Å²) in [6.07, 6.45) is 1.22. The van der Waals surface area contributed by atoms with Crippen LogP contribution in [0.5, 0.6) is 0 Å². The Bertz CT molecular complexity index is 883. The van der Waals surface area contributed by atoms with Gasteiger partial charge in [0, 0.05) is 26.9 Å². The number of hydrogen-bond donors (Lipinski definition) is 1. The summed E-state index contributed by atoms with van der Waals surface area (Å²) in [5, 5.41) is 8.08. The minimum absolute atomic E-state index is 0.0436. The Hall–Kier alpha value is -2.02. The molecule has 0 aliphatic heterocycles. The van der Waals surface area contributed by atoms with Gasteiger partial charge in [-0.2, -0.15) is 4.98 Å². The van der Waals surface area contributed by atoms with Gasteiger partial charge in [-0.25, -0.2) is 0 Å². The number of hydrogen-bond acceptors (Lipinski definition) is 5. The van der Waals surface area contributed by atoms with Crippen molar-refractivity contribution in [1.82, 2.24) is 15.5 Å². The minimum atomic E-state index is -0.0436. The summed E-state index contributed by atoms with van der Waals surface area (Å²) in [5.74, 6) is 1.65. The van der Waals surface area contributed by atoms with Gasteiger partial charge >= 0.3 is 0 Å². The maximum Gasteiger partial charge on any atom is 0.246 e. The maximum absolute atomic E-state index is 11.9. The molecule has 0 spiro atoms. The highest BCUT2D eigenvalue weighted by Gasteiger charge is 2.10. The lowest BCUT2D eigenvalue weighted by Gasteiger charge is -2.03. The number of rotatable bonds is 8. The lowest BCUT2D eigenvalue weighted by Crippen LogP contribution is -2.22. The third-order valence-corrected chi connectivity index (χ3v) is 5.24. The van der Waals surface area contributed by atoms with Gasteiger partial charge in [-0.15, -0.1) is 11.8 Å². The molecule has 3 aromatic rings. The number of benzene rings is 2. The van der Waals surface area contributed by atoms with Gasteiger partial charge in [-0.05, 0) is 60.7 Å². The third-order valence-electron chi connectivity index (χ3n) is 3.64. The van der Waals surface area contributed by atoms with Crippen molar-refractivity contribution < 1.29 is 9.32 Å². The smallest absolute Gasteiger partial charge is 0.246 e. The quantitative estimate of drug-likeness (QED) is 0.398. The minimum Gasteiger partial charge on any atom is -0.347 e. The van der Waals surface area contributed by atoms with Crippen LogP contribution < -0.4 is 5.32 Å². The molecule has 0 saturated heterocycles. The lowest BCUT2D eigenvalue weighted by atomic mass is 10.2. The Kier molecular flexibility index (Phi) is 7.15.